The Balaban J connectivity index is 3.84. The Bertz CT molecular complexity index is 147. The van der Waals surface area contributed by atoms with Crippen LogP contribution in [0.4, 0.5) is 0 Å². The van der Waals surface area contributed by atoms with Crippen molar-refractivity contribution < 1.29 is 0 Å². The molecular formula is C13H30N2. The van der Waals surface area contributed by atoms with Crippen LogP contribution in [0.1, 0.15) is 52.9 Å². The molecule has 0 rings (SSSR count). The van der Waals surface area contributed by atoms with Gasteiger partial charge < -0.3 is 10.6 Å². The van der Waals surface area contributed by atoms with Crippen LogP contribution in [0.25, 0.3) is 0 Å². The zero-order valence-electron chi connectivity index (χ0n) is 11.2. The van der Waals surface area contributed by atoms with E-state index in [0.717, 1.165) is 13.1 Å². The average molecular weight is 214 g/mol. The monoisotopic (exact) mass is 214 g/mol. The molecule has 0 aromatic carbocycles. The van der Waals surface area contributed by atoms with Gasteiger partial charge in [-0.05, 0) is 38.4 Å². The Morgan fingerprint density at radius 3 is 2.27 bits per heavy atom. The zero-order chi connectivity index (χ0) is 11.7. The fourth-order valence-corrected chi connectivity index (χ4v) is 2.21. The normalized spacial score (nSPS) is 15.6. The van der Waals surface area contributed by atoms with Crippen LogP contribution in [0.5, 0.6) is 0 Å². The highest BCUT2D eigenvalue weighted by atomic mass is 15.1. The number of nitrogens with two attached hydrogens (primary N) is 1. The summed E-state index contributed by atoms with van der Waals surface area (Å²) < 4.78 is 0. The van der Waals surface area contributed by atoms with Crippen LogP contribution in [-0.4, -0.2) is 31.6 Å². The Hall–Kier alpha value is -0.0800. The summed E-state index contributed by atoms with van der Waals surface area (Å²) in [5.74, 6) is 0. The summed E-state index contributed by atoms with van der Waals surface area (Å²) in [6, 6.07) is 0. The summed E-state index contributed by atoms with van der Waals surface area (Å²) in [7, 11) is 2.22. The van der Waals surface area contributed by atoms with Crippen LogP contribution in [-0.2, 0) is 0 Å². The highest BCUT2D eigenvalue weighted by molar-refractivity contribution is 4.78. The highest BCUT2D eigenvalue weighted by Crippen LogP contribution is 2.22. The van der Waals surface area contributed by atoms with E-state index in [9.17, 15) is 0 Å². The molecular weight excluding hydrogens is 184 g/mol. The van der Waals surface area contributed by atoms with Crippen molar-refractivity contribution in [1.29, 1.82) is 0 Å². The van der Waals surface area contributed by atoms with Crippen molar-refractivity contribution in [2.75, 3.05) is 26.7 Å². The average Bonchev–Trinajstić information content (AvgIpc) is 2.18. The van der Waals surface area contributed by atoms with Gasteiger partial charge in [0.25, 0.3) is 0 Å². The number of hydrogen-bond acceptors (Lipinski definition) is 2. The van der Waals surface area contributed by atoms with Crippen molar-refractivity contribution in [3.8, 4) is 0 Å². The fraction of sp³-hybridized carbons (Fsp3) is 1.00. The molecule has 0 bridgehead atoms. The van der Waals surface area contributed by atoms with Crippen LogP contribution in [0, 0.1) is 5.41 Å². The van der Waals surface area contributed by atoms with Gasteiger partial charge in [-0.3, -0.25) is 0 Å². The minimum absolute atomic E-state index is 0.315. The Morgan fingerprint density at radius 2 is 1.80 bits per heavy atom. The Labute approximate surface area is 96.2 Å². The van der Waals surface area contributed by atoms with Gasteiger partial charge in [-0.2, -0.15) is 0 Å². The number of nitrogens with zero attached hydrogens (tertiary/aromatic N) is 1. The third kappa shape index (κ3) is 6.91. The van der Waals surface area contributed by atoms with E-state index in [1.165, 1.54) is 38.6 Å². The van der Waals surface area contributed by atoms with Gasteiger partial charge in [-0.15, -0.1) is 0 Å². The molecule has 0 fully saturated rings. The SMILES string of the molecule is CCCCCN(C)CC(C)(CN)CCC. The molecule has 0 saturated heterocycles. The quantitative estimate of drug-likeness (QED) is 0.598. The Kier molecular flexibility index (Phi) is 8.07. The second-order valence-electron chi connectivity index (χ2n) is 5.21. The van der Waals surface area contributed by atoms with Gasteiger partial charge >= 0.3 is 0 Å². The van der Waals surface area contributed by atoms with E-state index in [2.05, 4.69) is 32.7 Å². The fourth-order valence-electron chi connectivity index (χ4n) is 2.21. The molecule has 0 heterocycles. The van der Waals surface area contributed by atoms with E-state index in [4.69, 9.17) is 5.73 Å². The van der Waals surface area contributed by atoms with Crippen molar-refractivity contribution in [1.82, 2.24) is 4.90 Å². The van der Waals surface area contributed by atoms with Gasteiger partial charge in [-0.1, -0.05) is 40.0 Å². The first-order valence-corrected chi connectivity index (χ1v) is 6.46. The zero-order valence-corrected chi connectivity index (χ0v) is 11.2. The van der Waals surface area contributed by atoms with E-state index < -0.39 is 0 Å². The lowest BCUT2D eigenvalue weighted by molar-refractivity contribution is 0.182. The molecule has 0 aromatic heterocycles. The van der Waals surface area contributed by atoms with E-state index in [1.807, 2.05) is 0 Å². The van der Waals surface area contributed by atoms with Crippen LogP contribution in [0.15, 0.2) is 0 Å². The number of rotatable bonds is 9. The lowest BCUT2D eigenvalue weighted by Gasteiger charge is -2.32. The number of hydrogen-bond donors (Lipinski definition) is 1. The second kappa shape index (κ2) is 8.12. The predicted molar refractivity (Wildman–Crippen MR) is 69.1 cm³/mol. The van der Waals surface area contributed by atoms with Crippen LogP contribution in [0.3, 0.4) is 0 Å². The third-order valence-corrected chi connectivity index (χ3v) is 3.14. The van der Waals surface area contributed by atoms with Gasteiger partial charge in [0, 0.05) is 6.54 Å². The molecule has 92 valence electrons. The molecule has 0 aromatic rings. The summed E-state index contributed by atoms with van der Waals surface area (Å²) >= 11 is 0. The maximum Gasteiger partial charge on any atom is 0.00443 e. The van der Waals surface area contributed by atoms with Gasteiger partial charge in [0.05, 0.1) is 0 Å². The van der Waals surface area contributed by atoms with Gasteiger partial charge in [0.2, 0.25) is 0 Å². The molecule has 1 atom stereocenters. The van der Waals surface area contributed by atoms with Crippen LogP contribution >= 0.6 is 0 Å². The van der Waals surface area contributed by atoms with Gasteiger partial charge in [-0.25, -0.2) is 0 Å². The largest absolute Gasteiger partial charge is 0.330 e. The summed E-state index contributed by atoms with van der Waals surface area (Å²) in [6.45, 7) is 9.96. The molecule has 15 heavy (non-hydrogen) atoms. The van der Waals surface area contributed by atoms with Crippen molar-refractivity contribution in [3.63, 3.8) is 0 Å². The smallest absolute Gasteiger partial charge is 0.00443 e. The van der Waals surface area contributed by atoms with E-state index in [-0.39, 0.29) is 0 Å². The molecule has 0 spiro atoms. The molecule has 0 aliphatic heterocycles. The van der Waals surface area contributed by atoms with Gasteiger partial charge in [0.15, 0.2) is 0 Å². The van der Waals surface area contributed by atoms with Gasteiger partial charge in [0.1, 0.15) is 0 Å². The maximum atomic E-state index is 5.87. The molecule has 1 unspecified atom stereocenters. The van der Waals surface area contributed by atoms with E-state index in [0.29, 0.717) is 5.41 Å². The van der Waals surface area contributed by atoms with Crippen molar-refractivity contribution >= 4 is 0 Å². The second-order valence-corrected chi connectivity index (χ2v) is 5.21. The van der Waals surface area contributed by atoms with Crippen LogP contribution in [0.2, 0.25) is 0 Å². The molecule has 2 nitrogen and oxygen atoms in total. The molecule has 0 aliphatic rings. The topological polar surface area (TPSA) is 29.3 Å². The summed E-state index contributed by atoms with van der Waals surface area (Å²) in [4.78, 5) is 2.44. The minimum atomic E-state index is 0.315. The maximum absolute atomic E-state index is 5.87. The van der Waals surface area contributed by atoms with Crippen LogP contribution < -0.4 is 5.73 Å². The minimum Gasteiger partial charge on any atom is -0.330 e. The first-order chi connectivity index (χ1) is 7.08. The lowest BCUT2D eigenvalue weighted by Crippen LogP contribution is -2.39. The standard InChI is InChI=1S/C13H30N2/c1-5-7-8-10-15(4)12-13(3,11-14)9-6-2/h5-12,14H2,1-4H3. The third-order valence-electron chi connectivity index (χ3n) is 3.14. The first kappa shape index (κ1) is 14.9. The molecule has 2 heteroatoms. The van der Waals surface area contributed by atoms with E-state index >= 15 is 0 Å². The molecule has 0 saturated carbocycles. The first-order valence-electron chi connectivity index (χ1n) is 6.46. The highest BCUT2D eigenvalue weighted by Gasteiger charge is 2.22. The van der Waals surface area contributed by atoms with Crippen molar-refractivity contribution in [3.05, 3.63) is 0 Å². The summed E-state index contributed by atoms with van der Waals surface area (Å²) in [5, 5.41) is 0. The summed E-state index contributed by atoms with van der Waals surface area (Å²) in [5.41, 5.74) is 6.18. The Morgan fingerprint density at radius 1 is 1.13 bits per heavy atom. The molecule has 0 amide bonds. The number of unbranched alkanes of at least 4 members (excludes halogenated alkanes) is 2. The molecule has 0 radical (unpaired) electrons. The lowest BCUT2D eigenvalue weighted by atomic mass is 9.85. The molecule has 0 aliphatic carbocycles. The van der Waals surface area contributed by atoms with Crippen molar-refractivity contribution in [2.24, 2.45) is 11.1 Å². The predicted octanol–water partition coefficient (Wildman–Crippen LogP) is 2.87. The molecule has 2 N–H and O–H groups in total. The summed E-state index contributed by atoms with van der Waals surface area (Å²) in [6.07, 6.45) is 6.44. The van der Waals surface area contributed by atoms with E-state index in [1.54, 1.807) is 0 Å². The van der Waals surface area contributed by atoms with Crippen molar-refractivity contribution in [2.45, 2.75) is 52.9 Å².